The van der Waals surface area contributed by atoms with Crippen LogP contribution in [0.5, 0.6) is 0 Å². The molecule has 0 atom stereocenters. The molecule has 0 aromatic rings. The van der Waals surface area contributed by atoms with E-state index in [1.54, 1.807) is 0 Å². The number of carbonyl (C=O) groups is 1. The van der Waals surface area contributed by atoms with E-state index in [1.165, 1.54) is 6.42 Å². The summed E-state index contributed by atoms with van der Waals surface area (Å²) >= 11 is 0. The summed E-state index contributed by atoms with van der Waals surface area (Å²) in [4.78, 5) is 13.6. The molecule has 0 aromatic heterocycles. The largest absolute Gasteiger partial charge is 0.340 e. The first kappa shape index (κ1) is 8.05. The number of carbonyl (C=O) groups excluding carboxylic acids is 1. The molecular weight excluding hydrogens is 152 g/mol. The maximum absolute atomic E-state index is 11.7. The molecule has 3 heteroatoms. The van der Waals surface area contributed by atoms with Crippen LogP contribution < -0.4 is 5.32 Å². The van der Waals surface area contributed by atoms with Gasteiger partial charge in [0.05, 0.1) is 6.04 Å². The zero-order valence-electron chi connectivity index (χ0n) is 7.55. The molecular formula is C9H16N2O. The van der Waals surface area contributed by atoms with Gasteiger partial charge >= 0.3 is 0 Å². The van der Waals surface area contributed by atoms with Gasteiger partial charge in [0.1, 0.15) is 0 Å². The first-order valence-electron chi connectivity index (χ1n) is 4.76. The lowest BCUT2D eigenvalue weighted by Crippen LogP contribution is -2.58. The lowest BCUT2D eigenvalue weighted by molar-refractivity contribution is -0.139. The normalized spacial score (nSPS) is 24.4. The average molecular weight is 168 g/mol. The van der Waals surface area contributed by atoms with Gasteiger partial charge in [0, 0.05) is 26.1 Å². The van der Waals surface area contributed by atoms with E-state index in [0.717, 1.165) is 25.9 Å². The molecule has 1 heterocycles. The Morgan fingerprint density at radius 3 is 2.42 bits per heavy atom. The van der Waals surface area contributed by atoms with Crippen LogP contribution in [0.25, 0.3) is 0 Å². The fourth-order valence-electron chi connectivity index (χ4n) is 1.67. The molecule has 0 radical (unpaired) electrons. The summed E-state index contributed by atoms with van der Waals surface area (Å²) in [5.41, 5.74) is 0. The average Bonchev–Trinajstić information content (AvgIpc) is 1.79. The van der Waals surface area contributed by atoms with Crippen LogP contribution >= 0.6 is 0 Å². The maximum Gasteiger partial charge on any atom is 0.225 e. The van der Waals surface area contributed by atoms with Crippen molar-refractivity contribution in [3.8, 4) is 0 Å². The van der Waals surface area contributed by atoms with Crippen molar-refractivity contribution in [3.05, 3.63) is 0 Å². The van der Waals surface area contributed by atoms with Gasteiger partial charge in [-0.3, -0.25) is 4.79 Å². The third-order valence-electron chi connectivity index (χ3n) is 3.11. The second-order valence-corrected chi connectivity index (χ2v) is 3.89. The molecule has 2 rings (SSSR count). The van der Waals surface area contributed by atoms with Gasteiger partial charge in [0.25, 0.3) is 0 Å². The van der Waals surface area contributed by atoms with E-state index in [4.69, 9.17) is 0 Å². The highest BCUT2D eigenvalue weighted by atomic mass is 16.2. The van der Waals surface area contributed by atoms with Crippen LogP contribution in [0.4, 0.5) is 0 Å². The number of hydrogen-bond donors (Lipinski definition) is 1. The number of nitrogens with one attached hydrogen (secondary N) is 1. The molecule has 68 valence electrons. The van der Waals surface area contributed by atoms with Gasteiger partial charge < -0.3 is 10.2 Å². The minimum Gasteiger partial charge on any atom is -0.340 e. The van der Waals surface area contributed by atoms with E-state index in [-0.39, 0.29) is 0 Å². The summed E-state index contributed by atoms with van der Waals surface area (Å²) in [6, 6.07) is 0.470. The van der Waals surface area contributed by atoms with Crippen molar-refractivity contribution in [2.24, 2.45) is 5.92 Å². The summed E-state index contributed by atoms with van der Waals surface area (Å²) in [6.07, 6.45) is 3.47. The highest BCUT2D eigenvalue weighted by Crippen LogP contribution is 2.28. The molecule has 1 aliphatic carbocycles. The Balaban J connectivity index is 1.84. The van der Waals surface area contributed by atoms with E-state index in [0.29, 0.717) is 17.9 Å². The van der Waals surface area contributed by atoms with Crippen molar-refractivity contribution >= 4 is 5.91 Å². The first-order valence-corrected chi connectivity index (χ1v) is 4.76. The summed E-state index contributed by atoms with van der Waals surface area (Å²) in [6.45, 7) is 1.96. The van der Waals surface area contributed by atoms with Crippen LogP contribution in [0.2, 0.25) is 0 Å². The molecule has 0 aromatic carbocycles. The van der Waals surface area contributed by atoms with Crippen LogP contribution in [0.15, 0.2) is 0 Å². The molecule has 0 unspecified atom stereocenters. The van der Waals surface area contributed by atoms with Gasteiger partial charge in [-0.05, 0) is 12.8 Å². The Morgan fingerprint density at radius 2 is 2.08 bits per heavy atom. The molecule has 1 saturated heterocycles. The van der Waals surface area contributed by atoms with Crippen LogP contribution in [0.1, 0.15) is 19.3 Å². The third-order valence-corrected chi connectivity index (χ3v) is 3.11. The van der Waals surface area contributed by atoms with E-state index >= 15 is 0 Å². The highest BCUT2D eigenvalue weighted by molar-refractivity contribution is 5.79. The highest BCUT2D eigenvalue weighted by Gasteiger charge is 2.32. The minimum absolute atomic E-state index is 0.357. The minimum atomic E-state index is 0.357. The Bertz CT molecular complexity index is 185. The topological polar surface area (TPSA) is 32.3 Å². The zero-order valence-corrected chi connectivity index (χ0v) is 7.55. The third kappa shape index (κ3) is 1.22. The van der Waals surface area contributed by atoms with Crippen molar-refractivity contribution in [1.82, 2.24) is 10.2 Å². The number of nitrogens with zero attached hydrogens (tertiary/aromatic N) is 1. The number of hydrogen-bond acceptors (Lipinski definition) is 2. The molecule has 1 aliphatic heterocycles. The SMILES string of the molecule is CN(C(=O)C1CCC1)C1CNC1. The lowest BCUT2D eigenvalue weighted by Gasteiger charge is -2.39. The smallest absolute Gasteiger partial charge is 0.225 e. The summed E-state index contributed by atoms with van der Waals surface area (Å²) in [5, 5.41) is 3.18. The van der Waals surface area contributed by atoms with Crippen molar-refractivity contribution in [2.75, 3.05) is 20.1 Å². The quantitative estimate of drug-likeness (QED) is 0.639. The standard InChI is InChI=1S/C9H16N2O/c1-11(8-5-10-6-8)9(12)7-3-2-4-7/h7-8,10H,2-6H2,1H3. The molecule has 12 heavy (non-hydrogen) atoms. The number of likely N-dealkylation sites (N-methyl/N-ethyl adjacent to an activating group) is 1. The summed E-state index contributed by atoms with van der Waals surface area (Å²) in [5.74, 6) is 0.725. The van der Waals surface area contributed by atoms with Crippen molar-refractivity contribution in [2.45, 2.75) is 25.3 Å². The van der Waals surface area contributed by atoms with Crippen LogP contribution in [0, 0.1) is 5.92 Å². The molecule has 1 amide bonds. The predicted molar refractivity (Wildman–Crippen MR) is 46.8 cm³/mol. The van der Waals surface area contributed by atoms with Gasteiger partial charge in [0.2, 0.25) is 5.91 Å². The van der Waals surface area contributed by atoms with Gasteiger partial charge in [-0.15, -0.1) is 0 Å². The van der Waals surface area contributed by atoms with Gasteiger partial charge in [-0.2, -0.15) is 0 Å². The van der Waals surface area contributed by atoms with Gasteiger partial charge in [0.15, 0.2) is 0 Å². The lowest BCUT2D eigenvalue weighted by atomic mass is 9.84. The van der Waals surface area contributed by atoms with E-state index in [2.05, 4.69) is 5.32 Å². The maximum atomic E-state index is 11.7. The van der Waals surface area contributed by atoms with Crippen LogP contribution in [-0.2, 0) is 4.79 Å². The zero-order chi connectivity index (χ0) is 8.55. The summed E-state index contributed by atoms with van der Waals surface area (Å²) < 4.78 is 0. The number of amides is 1. The van der Waals surface area contributed by atoms with E-state index < -0.39 is 0 Å². The number of rotatable bonds is 2. The monoisotopic (exact) mass is 168 g/mol. The van der Waals surface area contributed by atoms with Crippen molar-refractivity contribution in [3.63, 3.8) is 0 Å². The predicted octanol–water partition coefficient (Wildman–Crippen LogP) is 0.217. The molecule has 0 spiro atoms. The molecule has 1 saturated carbocycles. The Labute approximate surface area is 73.1 Å². The molecule has 0 bridgehead atoms. The van der Waals surface area contributed by atoms with Gasteiger partial charge in [-0.1, -0.05) is 6.42 Å². The van der Waals surface area contributed by atoms with Crippen molar-refractivity contribution < 1.29 is 4.79 Å². The molecule has 2 fully saturated rings. The van der Waals surface area contributed by atoms with Crippen molar-refractivity contribution in [1.29, 1.82) is 0 Å². The Hall–Kier alpha value is -0.570. The second kappa shape index (κ2) is 3.05. The van der Waals surface area contributed by atoms with Crippen LogP contribution in [-0.4, -0.2) is 37.0 Å². The fraction of sp³-hybridized carbons (Fsp3) is 0.889. The molecule has 1 N–H and O–H groups in total. The van der Waals surface area contributed by atoms with Gasteiger partial charge in [-0.25, -0.2) is 0 Å². The Morgan fingerprint density at radius 1 is 1.42 bits per heavy atom. The first-order chi connectivity index (χ1) is 5.79. The van der Waals surface area contributed by atoms with E-state index in [9.17, 15) is 4.79 Å². The van der Waals surface area contributed by atoms with Crippen LogP contribution in [0.3, 0.4) is 0 Å². The molecule has 3 nitrogen and oxygen atoms in total. The second-order valence-electron chi connectivity index (χ2n) is 3.89. The summed E-state index contributed by atoms with van der Waals surface area (Å²) in [7, 11) is 1.94. The van der Waals surface area contributed by atoms with E-state index in [1.807, 2.05) is 11.9 Å². The Kier molecular flexibility index (Phi) is 2.05. The fourth-order valence-corrected chi connectivity index (χ4v) is 1.67. The molecule has 2 aliphatic rings.